The van der Waals surface area contributed by atoms with Crippen LogP contribution in [0.1, 0.15) is 26.7 Å². The third-order valence-electron chi connectivity index (χ3n) is 4.44. The molecule has 0 fully saturated rings. The lowest BCUT2D eigenvalue weighted by molar-refractivity contribution is -0.146. The molecule has 0 radical (unpaired) electrons. The van der Waals surface area contributed by atoms with Crippen LogP contribution in [0.25, 0.3) is 0 Å². The fourth-order valence-corrected chi connectivity index (χ4v) is 3.02. The summed E-state index contributed by atoms with van der Waals surface area (Å²) in [6.45, 7) is 8.00. The summed E-state index contributed by atoms with van der Waals surface area (Å²) in [5.41, 5.74) is 0.986. The van der Waals surface area contributed by atoms with Crippen LogP contribution < -0.4 is 0 Å². The van der Waals surface area contributed by atoms with E-state index in [4.69, 9.17) is 14.2 Å². The van der Waals surface area contributed by atoms with Gasteiger partial charge in [-0.3, -0.25) is 0 Å². The van der Waals surface area contributed by atoms with Crippen LogP contribution in [0, 0.1) is 28.1 Å². The van der Waals surface area contributed by atoms with Gasteiger partial charge in [0.15, 0.2) is 0 Å². The van der Waals surface area contributed by atoms with E-state index in [0.29, 0.717) is 37.1 Å². The molecule has 0 atom stereocenters. The van der Waals surface area contributed by atoms with Crippen molar-refractivity contribution < 1.29 is 23.8 Å². The summed E-state index contributed by atoms with van der Waals surface area (Å²) >= 11 is 0. The smallest absolute Gasteiger partial charge is 0.349 e. The molecule has 0 N–H and O–H groups in total. The Hall–Kier alpha value is -3.10. The van der Waals surface area contributed by atoms with Gasteiger partial charge in [-0.1, -0.05) is 20.4 Å². The molecule has 0 heterocycles. The highest BCUT2D eigenvalue weighted by molar-refractivity contribution is 5.95. The number of rotatable bonds is 9. The first-order valence-electron chi connectivity index (χ1n) is 9.14. The van der Waals surface area contributed by atoms with E-state index in [-0.39, 0.29) is 24.2 Å². The van der Waals surface area contributed by atoms with E-state index >= 15 is 0 Å². The number of hydrogen-bond donors (Lipinski definition) is 0. The van der Waals surface area contributed by atoms with Gasteiger partial charge in [0.25, 0.3) is 0 Å². The lowest BCUT2D eigenvalue weighted by atomic mass is 9.72. The second kappa shape index (κ2) is 11.0. The Labute approximate surface area is 171 Å². The zero-order valence-electron chi connectivity index (χ0n) is 17.4. The molecule has 0 unspecified atom stereocenters. The predicted molar refractivity (Wildman–Crippen MR) is 105 cm³/mol. The summed E-state index contributed by atoms with van der Waals surface area (Å²) in [4.78, 5) is 25.4. The highest BCUT2D eigenvalue weighted by atomic mass is 16.6. The van der Waals surface area contributed by atoms with Crippen molar-refractivity contribution in [2.75, 3.05) is 40.5 Å². The predicted octanol–water partition coefficient (Wildman–Crippen LogP) is 2.25. The highest BCUT2D eigenvalue weighted by Crippen LogP contribution is 2.43. The number of allylic oxidation sites excluding steroid dienone is 3. The molecule has 1 rings (SSSR count). The molecule has 0 amide bonds. The molecule has 0 bridgehead atoms. The maximum atomic E-state index is 12.5. The standard InChI is InChI=1S/C21H27N3O5/c1-6-19(25)28-9-10-29-20(26)17(14-23)15-11-21(2,3)12-18(16(15)13-22)24(4)7-8-27-5/h6H,1,7-12H2,2-5H3/b17-15-. The molecule has 0 spiro atoms. The van der Waals surface area contributed by atoms with Crippen molar-refractivity contribution in [3.05, 3.63) is 35.1 Å². The largest absolute Gasteiger partial charge is 0.459 e. The molecule has 1 aliphatic rings. The monoisotopic (exact) mass is 401 g/mol. The lowest BCUT2D eigenvalue weighted by Gasteiger charge is -2.37. The Kier molecular flexibility index (Phi) is 9.11. The van der Waals surface area contributed by atoms with Gasteiger partial charge in [-0.25, -0.2) is 9.59 Å². The minimum Gasteiger partial charge on any atom is -0.459 e. The van der Waals surface area contributed by atoms with Gasteiger partial charge in [-0.15, -0.1) is 0 Å². The van der Waals surface area contributed by atoms with Crippen LogP contribution in [-0.4, -0.2) is 57.4 Å². The van der Waals surface area contributed by atoms with Crippen molar-refractivity contribution in [2.45, 2.75) is 26.7 Å². The topological polar surface area (TPSA) is 113 Å². The van der Waals surface area contributed by atoms with E-state index in [0.717, 1.165) is 11.8 Å². The Morgan fingerprint density at radius 3 is 2.41 bits per heavy atom. The van der Waals surface area contributed by atoms with Gasteiger partial charge in [0.2, 0.25) is 0 Å². The normalized spacial score (nSPS) is 16.9. The number of carbonyl (C=O) groups excluding carboxylic acids is 2. The molecule has 0 aromatic rings. The van der Waals surface area contributed by atoms with E-state index in [1.54, 1.807) is 7.11 Å². The molecule has 0 saturated carbocycles. The van der Waals surface area contributed by atoms with E-state index in [1.165, 1.54) is 0 Å². The van der Waals surface area contributed by atoms with E-state index < -0.39 is 11.9 Å². The number of esters is 2. The second-order valence-corrected chi connectivity index (χ2v) is 7.34. The molecule has 29 heavy (non-hydrogen) atoms. The SMILES string of the molecule is C=CC(=O)OCCOC(=O)/C(C#N)=C1/CC(C)(C)CC(N(C)CCOC)=C1C#N. The molecule has 0 aromatic heterocycles. The average Bonchev–Trinajstić information content (AvgIpc) is 2.68. The zero-order chi connectivity index (χ0) is 22.0. The highest BCUT2D eigenvalue weighted by Gasteiger charge is 2.35. The Morgan fingerprint density at radius 1 is 1.21 bits per heavy atom. The third-order valence-corrected chi connectivity index (χ3v) is 4.44. The number of carbonyl (C=O) groups is 2. The van der Waals surface area contributed by atoms with Gasteiger partial charge >= 0.3 is 11.9 Å². The van der Waals surface area contributed by atoms with Crippen LogP contribution in [0.4, 0.5) is 0 Å². The van der Waals surface area contributed by atoms with E-state index in [2.05, 4.69) is 12.6 Å². The fraction of sp³-hybridized carbons (Fsp3) is 0.524. The molecule has 0 saturated heterocycles. The van der Waals surface area contributed by atoms with Crippen molar-refractivity contribution in [3.8, 4) is 12.1 Å². The van der Waals surface area contributed by atoms with Crippen molar-refractivity contribution in [1.29, 1.82) is 10.5 Å². The van der Waals surface area contributed by atoms with Crippen LogP contribution in [0.3, 0.4) is 0 Å². The summed E-state index contributed by atoms with van der Waals surface area (Å²) in [5.74, 6) is -1.48. The number of methoxy groups -OCH3 is 1. The number of nitriles is 2. The van der Waals surface area contributed by atoms with Crippen molar-refractivity contribution in [2.24, 2.45) is 5.41 Å². The van der Waals surface area contributed by atoms with Gasteiger partial charge in [-0.05, 0) is 23.8 Å². The van der Waals surface area contributed by atoms with Gasteiger partial charge in [0.05, 0.1) is 12.2 Å². The Morgan fingerprint density at radius 2 is 1.86 bits per heavy atom. The van der Waals surface area contributed by atoms with Crippen molar-refractivity contribution >= 4 is 11.9 Å². The van der Waals surface area contributed by atoms with E-state index in [1.807, 2.05) is 31.9 Å². The second-order valence-electron chi connectivity index (χ2n) is 7.34. The maximum Gasteiger partial charge on any atom is 0.349 e. The number of ether oxygens (including phenoxy) is 3. The molecule has 8 heteroatoms. The summed E-state index contributed by atoms with van der Waals surface area (Å²) in [5, 5.41) is 19.4. The first kappa shape index (κ1) is 23.9. The maximum absolute atomic E-state index is 12.5. The quantitative estimate of drug-likeness (QED) is 0.250. The van der Waals surface area contributed by atoms with Gasteiger partial charge in [0, 0.05) is 32.5 Å². The number of likely N-dealkylation sites (N-methyl/N-ethyl adjacent to an activating group) is 1. The molecule has 8 nitrogen and oxygen atoms in total. The molecule has 1 aliphatic carbocycles. The third kappa shape index (κ3) is 6.78. The van der Waals surface area contributed by atoms with Crippen LogP contribution >= 0.6 is 0 Å². The summed E-state index contributed by atoms with van der Waals surface area (Å²) in [7, 11) is 3.45. The van der Waals surface area contributed by atoms with Crippen molar-refractivity contribution in [3.63, 3.8) is 0 Å². The minimum atomic E-state index is -0.846. The average molecular weight is 401 g/mol. The van der Waals surface area contributed by atoms with Crippen molar-refractivity contribution in [1.82, 2.24) is 4.90 Å². The Bertz CT molecular complexity index is 796. The number of nitrogens with zero attached hydrogens (tertiary/aromatic N) is 3. The molecule has 156 valence electrons. The molecular formula is C21H27N3O5. The first-order chi connectivity index (χ1) is 13.7. The van der Waals surface area contributed by atoms with Gasteiger partial charge in [0.1, 0.15) is 30.9 Å². The summed E-state index contributed by atoms with van der Waals surface area (Å²) in [6, 6.07) is 4.05. The first-order valence-corrected chi connectivity index (χ1v) is 9.14. The summed E-state index contributed by atoms with van der Waals surface area (Å²) < 4.78 is 14.9. The lowest BCUT2D eigenvalue weighted by Crippen LogP contribution is -2.31. The molecular weight excluding hydrogens is 374 g/mol. The van der Waals surface area contributed by atoms with Crippen LogP contribution in [0.2, 0.25) is 0 Å². The summed E-state index contributed by atoms with van der Waals surface area (Å²) in [6.07, 6.45) is 2.02. The van der Waals surface area contributed by atoms with E-state index in [9.17, 15) is 20.1 Å². The molecule has 0 aromatic carbocycles. The fourth-order valence-electron chi connectivity index (χ4n) is 3.02. The van der Waals surface area contributed by atoms with Crippen LogP contribution in [0.15, 0.2) is 35.1 Å². The Balaban J connectivity index is 3.21. The zero-order valence-corrected chi connectivity index (χ0v) is 17.4. The molecule has 0 aliphatic heterocycles. The van der Waals surface area contributed by atoms with Crippen LogP contribution in [-0.2, 0) is 23.8 Å². The van der Waals surface area contributed by atoms with Gasteiger partial charge in [-0.2, -0.15) is 10.5 Å². The number of hydrogen-bond acceptors (Lipinski definition) is 8. The minimum absolute atomic E-state index is 0.151. The van der Waals surface area contributed by atoms with Gasteiger partial charge < -0.3 is 19.1 Å². The van der Waals surface area contributed by atoms with Crippen LogP contribution in [0.5, 0.6) is 0 Å².